The maximum atomic E-state index is 9.28. The van der Waals surface area contributed by atoms with Crippen LogP contribution in [-0.2, 0) is 0 Å². The molecule has 1 aromatic heterocycles. The van der Waals surface area contributed by atoms with Gasteiger partial charge in [0.05, 0.1) is 14.2 Å². The first-order valence-corrected chi connectivity index (χ1v) is 3.41. The highest BCUT2D eigenvalue weighted by Gasteiger charge is 2.13. The lowest BCUT2D eigenvalue weighted by Crippen LogP contribution is -1.95. The Kier molecular flexibility index (Phi) is 2.54. The summed E-state index contributed by atoms with van der Waals surface area (Å²) < 4.78 is 9.41. The second-order valence-corrected chi connectivity index (χ2v) is 2.20. The standard InChI is InChI=1S/C6H7ClN2O3/c1-11-4-3(10)5(12-2)9-6(7)8-4/h10H,1-2H3. The van der Waals surface area contributed by atoms with Crippen molar-refractivity contribution in [2.45, 2.75) is 0 Å². The summed E-state index contributed by atoms with van der Waals surface area (Å²) in [6, 6.07) is 0. The van der Waals surface area contributed by atoms with Crippen LogP contribution in [0, 0.1) is 0 Å². The molecule has 0 aliphatic carbocycles. The number of hydrogen-bond acceptors (Lipinski definition) is 5. The van der Waals surface area contributed by atoms with Gasteiger partial charge in [-0.2, -0.15) is 9.97 Å². The van der Waals surface area contributed by atoms with E-state index in [1.54, 1.807) is 0 Å². The molecule has 5 nitrogen and oxygen atoms in total. The van der Waals surface area contributed by atoms with E-state index in [9.17, 15) is 5.11 Å². The van der Waals surface area contributed by atoms with Crippen molar-refractivity contribution in [1.82, 2.24) is 9.97 Å². The Bertz CT molecular complexity index is 267. The summed E-state index contributed by atoms with van der Waals surface area (Å²) in [4.78, 5) is 7.20. The first kappa shape index (κ1) is 8.86. The molecule has 1 aromatic rings. The van der Waals surface area contributed by atoms with Gasteiger partial charge in [-0.3, -0.25) is 0 Å². The zero-order valence-electron chi connectivity index (χ0n) is 6.54. The molecule has 12 heavy (non-hydrogen) atoms. The molecule has 0 fully saturated rings. The summed E-state index contributed by atoms with van der Waals surface area (Å²) >= 11 is 5.49. The van der Waals surface area contributed by atoms with Gasteiger partial charge in [-0.15, -0.1) is 0 Å². The van der Waals surface area contributed by atoms with E-state index in [4.69, 9.17) is 21.1 Å². The van der Waals surface area contributed by atoms with E-state index < -0.39 is 0 Å². The number of hydrogen-bond donors (Lipinski definition) is 1. The average Bonchev–Trinajstić information content (AvgIpc) is 2.08. The van der Waals surface area contributed by atoms with E-state index in [0.29, 0.717) is 0 Å². The minimum absolute atomic E-state index is 0.00755. The number of aromatic hydroxyl groups is 1. The lowest BCUT2D eigenvalue weighted by Gasteiger charge is -2.05. The number of methoxy groups -OCH3 is 2. The summed E-state index contributed by atoms with van der Waals surface area (Å²) in [5, 5.41) is 9.24. The van der Waals surface area contributed by atoms with Gasteiger partial charge in [-0.05, 0) is 11.6 Å². The first-order chi connectivity index (χ1) is 5.69. The van der Waals surface area contributed by atoms with Gasteiger partial charge in [-0.25, -0.2) is 0 Å². The molecule has 0 radical (unpaired) electrons. The minimum Gasteiger partial charge on any atom is -0.499 e. The number of halogens is 1. The zero-order chi connectivity index (χ0) is 9.14. The molecule has 0 spiro atoms. The highest BCUT2D eigenvalue weighted by molar-refractivity contribution is 6.28. The van der Waals surface area contributed by atoms with Crippen molar-refractivity contribution in [2.75, 3.05) is 14.2 Å². The van der Waals surface area contributed by atoms with Crippen molar-refractivity contribution in [3.63, 3.8) is 0 Å². The van der Waals surface area contributed by atoms with Gasteiger partial charge >= 0.3 is 0 Å². The topological polar surface area (TPSA) is 64.5 Å². The summed E-state index contributed by atoms with van der Waals surface area (Å²) in [5.74, 6) is -0.275. The molecule has 1 rings (SSSR count). The molecule has 1 heterocycles. The van der Waals surface area contributed by atoms with Crippen molar-refractivity contribution >= 4 is 11.6 Å². The van der Waals surface area contributed by atoms with Crippen molar-refractivity contribution in [1.29, 1.82) is 0 Å². The number of rotatable bonds is 2. The Morgan fingerprint density at radius 3 is 1.92 bits per heavy atom. The summed E-state index contributed by atoms with van der Waals surface area (Å²) in [5.41, 5.74) is 0. The predicted octanol–water partition coefficient (Wildman–Crippen LogP) is 0.853. The molecule has 0 amide bonds. The van der Waals surface area contributed by atoms with Crippen LogP contribution in [-0.4, -0.2) is 29.3 Å². The van der Waals surface area contributed by atoms with Gasteiger partial charge in [0.1, 0.15) is 0 Å². The van der Waals surface area contributed by atoms with Crippen LogP contribution in [0.15, 0.2) is 0 Å². The van der Waals surface area contributed by atoms with E-state index in [-0.39, 0.29) is 22.8 Å². The monoisotopic (exact) mass is 190 g/mol. The number of ether oxygens (including phenoxy) is 2. The SMILES string of the molecule is COc1nc(Cl)nc(OC)c1O. The van der Waals surface area contributed by atoms with Crippen LogP contribution in [0.3, 0.4) is 0 Å². The van der Waals surface area contributed by atoms with Crippen LogP contribution >= 0.6 is 11.6 Å². The Hall–Kier alpha value is -1.23. The van der Waals surface area contributed by atoms with E-state index in [0.717, 1.165) is 0 Å². The van der Waals surface area contributed by atoms with Gasteiger partial charge in [0.15, 0.2) is 0 Å². The van der Waals surface area contributed by atoms with Crippen LogP contribution in [0.25, 0.3) is 0 Å². The molecule has 1 N–H and O–H groups in total. The third-order valence-corrected chi connectivity index (χ3v) is 1.35. The van der Waals surface area contributed by atoms with Crippen molar-refractivity contribution < 1.29 is 14.6 Å². The van der Waals surface area contributed by atoms with Crippen LogP contribution in [0.1, 0.15) is 0 Å². The fraction of sp³-hybridized carbons (Fsp3) is 0.333. The van der Waals surface area contributed by atoms with Crippen molar-refractivity contribution in [2.24, 2.45) is 0 Å². The lowest BCUT2D eigenvalue weighted by atomic mass is 10.5. The molecule has 0 aliphatic heterocycles. The molecule has 0 bridgehead atoms. The third kappa shape index (κ3) is 1.50. The second kappa shape index (κ2) is 3.44. The maximum Gasteiger partial charge on any atom is 0.265 e. The molecule has 0 aliphatic rings. The van der Waals surface area contributed by atoms with E-state index >= 15 is 0 Å². The molecule has 0 saturated carbocycles. The van der Waals surface area contributed by atoms with E-state index in [1.165, 1.54) is 14.2 Å². The molecular weight excluding hydrogens is 184 g/mol. The molecule has 0 saturated heterocycles. The lowest BCUT2D eigenvalue weighted by molar-refractivity contribution is 0.320. The Balaban J connectivity index is 3.22. The van der Waals surface area contributed by atoms with Gasteiger partial charge in [0.2, 0.25) is 11.0 Å². The molecule has 0 unspecified atom stereocenters. The van der Waals surface area contributed by atoms with Gasteiger partial charge in [0, 0.05) is 0 Å². The van der Waals surface area contributed by atoms with Crippen LogP contribution in [0.2, 0.25) is 5.28 Å². The highest BCUT2D eigenvalue weighted by atomic mass is 35.5. The van der Waals surface area contributed by atoms with Gasteiger partial charge < -0.3 is 14.6 Å². The molecule has 66 valence electrons. The fourth-order valence-corrected chi connectivity index (χ4v) is 0.828. The van der Waals surface area contributed by atoms with Crippen molar-refractivity contribution in [3.05, 3.63) is 5.28 Å². The zero-order valence-corrected chi connectivity index (χ0v) is 7.29. The highest BCUT2D eigenvalue weighted by Crippen LogP contribution is 2.32. The number of aromatic nitrogens is 2. The van der Waals surface area contributed by atoms with Crippen LogP contribution in [0.4, 0.5) is 0 Å². The minimum atomic E-state index is -0.260. The Morgan fingerprint density at radius 1 is 1.17 bits per heavy atom. The molecule has 6 heteroatoms. The van der Waals surface area contributed by atoms with E-state index in [1.807, 2.05) is 0 Å². The van der Waals surface area contributed by atoms with Gasteiger partial charge in [-0.1, -0.05) is 0 Å². The van der Waals surface area contributed by atoms with Gasteiger partial charge in [0.25, 0.3) is 11.8 Å². The first-order valence-electron chi connectivity index (χ1n) is 3.03. The number of nitrogens with zero attached hydrogens (tertiary/aromatic N) is 2. The summed E-state index contributed by atoms with van der Waals surface area (Å²) in [7, 11) is 2.72. The molecular formula is C6H7ClN2O3. The van der Waals surface area contributed by atoms with E-state index in [2.05, 4.69) is 9.97 Å². The second-order valence-electron chi connectivity index (χ2n) is 1.86. The predicted molar refractivity (Wildman–Crippen MR) is 41.8 cm³/mol. The largest absolute Gasteiger partial charge is 0.499 e. The van der Waals surface area contributed by atoms with Crippen LogP contribution in [0.5, 0.6) is 17.5 Å². The molecule has 0 aromatic carbocycles. The molecule has 0 atom stereocenters. The summed E-state index contributed by atoms with van der Waals surface area (Å²) in [6.07, 6.45) is 0. The smallest absolute Gasteiger partial charge is 0.265 e. The van der Waals surface area contributed by atoms with Crippen molar-refractivity contribution in [3.8, 4) is 17.5 Å². The average molecular weight is 191 g/mol. The Morgan fingerprint density at radius 2 is 1.58 bits per heavy atom. The maximum absolute atomic E-state index is 9.28. The third-order valence-electron chi connectivity index (χ3n) is 1.18. The normalized spacial score (nSPS) is 9.58. The van der Waals surface area contributed by atoms with Crippen LogP contribution < -0.4 is 9.47 Å². The Labute approximate surface area is 73.9 Å². The fourth-order valence-electron chi connectivity index (χ4n) is 0.675. The summed E-state index contributed by atoms with van der Waals surface area (Å²) in [6.45, 7) is 0. The quantitative estimate of drug-likeness (QED) is 0.701.